The summed E-state index contributed by atoms with van der Waals surface area (Å²) in [5.74, 6) is 0.859. The first kappa shape index (κ1) is 11.3. The molecule has 2 aromatic heterocycles. The van der Waals surface area contributed by atoms with Crippen molar-refractivity contribution in [2.45, 2.75) is 19.4 Å². The van der Waals surface area contributed by atoms with Crippen LogP contribution in [0.3, 0.4) is 0 Å². The number of H-pyrrole nitrogens is 1. The lowest BCUT2D eigenvalue weighted by Crippen LogP contribution is -2.36. The van der Waals surface area contributed by atoms with E-state index in [0.29, 0.717) is 0 Å². The molecule has 0 radical (unpaired) electrons. The zero-order chi connectivity index (χ0) is 13.8. The van der Waals surface area contributed by atoms with Gasteiger partial charge in [0.1, 0.15) is 5.52 Å². The standard InChI is InChI=1S/C19H16N2/c1-4-8-18-14(5-1)11-17-19(21(18)12-13-9-10-13)15-6-2-3-7-16(15)20-17/h1-8,11,13H,9-10,12H2/p+1. The van der Waals surface area contributed by atoms with E-state index < -0.39 is 0 Å². The minimum absolute atomic E-state index is 0.859. The van der Waals surface area contributed by atoms with E-state index in [4.69, 9.17) is 0 Å². The van der Waals surface area contributed by atoms with Gasteiger partial charge < -0.3 is 4.98 Å². The summed E-state index contributed by atoms with van der Waals surface area (Å²) in [5.41, 5.74) is 5.18. The fourth-order valence-electron chi connectivity index (χ4n) is 3.42. The van der Waals surface area contributed by atoms with Crippen LogP contribution in [-0.4, -0.2) is 4.98 Å². The number of para-hydroxylation sites is 2. The molecule has 0 bridgehead atoms. The molecule has 1 fully saturated rings. The van der Waals surface area contributed by atoms with Gasteiger partial charge in [-0.2, -0.15) is 4.57 Å². The van der Waals surface area contributed by atoms with Crippen molar-refractivity contribution in [3.8, 4) is 0 Å². The maximum Gasteiger partial charge on any atom is 0.238 e. The summed E-state index contributed by atoms with van der Waals surface area (Å²) >= 11 is 0. The number of nitrogens with one attached hydrogen (secondary N) is 1. The van der Waals surface area contributed by atoms with Gasteiger partial charge >= 0.3 is 0 Å². The molecule has 1 N–H and O–H groups in total. The van der Waals surface area contributed by atoms with Crippen LogP contribution in [0.5, 0.6) is 0 Å². The first-order chi connectivity index (χ1) is 10.4. The van der Waals surface area contributed by atoms with Crippen molar-refractivity contribution in [1.29, 1.82) is 0 Å². The van der Waals surface area contributed by atoms with E-state index in [2.05, 4.69) is 64.1 Å². The van der Waals surface area contributed by atoms with Gasteiger partial charge in [-0.15, -0.1) is 0 Å². The number of pyridine rings is 1. The average Bonchev–Trinajstić information content (AvgIpc) is 3.25. The normalized spacial score (nSPS) is 15.2. The van der Waals surface area contributed by atoms with Crippen molar-refractivity contribution in [2.24, 2.45) is 5.92 Å². The van der Waals surface area contributed by atoms with E-state index in [0.717, 1.165) is 12.5 Å². The van der Waals surface area contributed by atoms with Gasteiger partial charge in [0.25, 0.3) is 0 Å². The van der Waals surface area contributed by atoms with Crippen LogP contribution in [-0.2, 0) is 6.54 Å². The first-order valence-corrected chi connectivity index (χ1v) is 7.72. The average molecular weight is 273 g/mol. The summed E-state index contributed by atoms with van der Waals surface area (Å²) in [4.78, 5) is 3.58. The number of aromatic amines is 1. The highest BCUT2D eigenvalue weighted by Crippen LogP contribution is 2.31. The highest BCUT2D eigenvalue weighted by Gasteiger charge is 2.29. The Morgan fingerprint density at radius 2 is 1.76 bits per heavy atom. The maximum absolute atomic E-state index is 3.58. The topological polar surface area (TPSA) is 19.7 Å². The Morgan fingerprint density at radius 1 is 0.952 bits per heavy atom. The summed E-state index contributed by atoms with van der Waals surface area (Å²) in [6.45, 7) is 1.14. The van der Waals surface area contributed by atoms with Gasteiger partial charge in [0, 0.05) is 17.4 Å². The SMILES string of the molecule is c1ccc2c(c1)cc1[nH]c3ccccc3c1[n+]2CC1CC1. The third-order valence-electron chi connectivity index (χ3n) is 4.64. The lowest BCUT2D eigenvalue weighted by molar-refractivity contribution is -0.647. The molecule has 1 saturated carbocycles. The zero-order valence-electron chi connectivity index (χ0n) is 11.8. The fourth-order valence-corrected chi connectivity index (χ4v) is 3.42. The maximum atomic E-state index is 3.58. The number of rotatable bonds is 2. The second-order valence-electron chi connectivity index (χ2n) is 6.19. The molecule has 0 unspecified atom stereocenters. The number of hydrogen-bond acceptors (Lipinski definition) is 0. The molecule has 0 aliphatic heterocycles. The van der Waals surface area contributed by atoms with Crippen molar-refractivity contribution in [3.05, 3.63) is 54.6 Å². The number of aromatic nitrogens is 2. The number of benzene rings is 2. The van der Waals surface area contributed by atoms with Crippen LogP contribution < -0.4 is 4.57 Å². The molecule has 0 spiro atoms. The van der Waals surface area contributed by atoms with E-state index >= 15 is 0 Å². The van der Waals surface area contributed by atoms with Gasteiger partial charge in [-0.3, -0.25) is 0 Å². The molecule has 0 atom stereocenters. The van der Waals surface area contributed by atoms with E-state index in [1.165, 1.54) is 45.7 Å². The molecule has 21 heavy (non-hydrogen) atoms. The molecule has 2 nitrogen and oxygen atoms in total. The smallest absolute Gasteiger partial charge is 0.238 e. The highest BCUT2D eigenvalue weighted by atomic mass is 15.0. The van der Waals surface area contributed by atoms with Crippen LogP contribution in [0.15, 0.2) is 54.6 Å². The van der Waals surface area contributed by atoms with Gasteiger partial charge in [0.05, 0.1) is 10.9 Å². The molecule has 5 rings (SSSR count). The van der Waals surface area contributed by atoms with E-state index in [-0.39, 0.29) is 0 Å². The Bertz CT molecular complexity index is 977. The van der Waals surface area contributed by atoms with Crippen molar-refractivity contribution < 1.29 is 4.57 Å². The minimum Gasteiger partial charge on any atom is -0.349 e. The minimum atomic E-state index is 0.859. The molecule has 0 saturated heterocycles. The second kappa shape index (κ2) is 4.08. The quantitative estimate of drug-likeness (QED) is 0.529. The van der Waals surface area contributed by atoms with Crippen LogP contribution in [0, 0.1) is 5.92 Å². The summed E-state index contributed by atoms with van der Waals surface area (Å²) in [7, 11) is 0. The summed E-state index contributed by atoms with van der Waals surface area (Å²) in [6.07, 6.45) is 2.75. The first-order valence-electron chi connectivity index (χ1n) is 7.72. The molecule has 2 heterocycles. The molecule has 1 aliphatic carbocycles. The molecule has 102 valence electrons. The second-order valence-corrected chi connectivity index (χ2v) is 6.19. The van der Waals surface area contributed by atoms with Crippen LogP contribution in [0.2, 0.25) is 0 Å². The molecule has 2 aromatic carbocycles. The van der Waals surface area contributed by atoms with E-state index in [9.17, 15) is 0 Å². The van der Waals surface area contributed by atoms with Crippen LogP contribution in [0.1, 0.15) is 12.8 Å². The fraction of sp³-hybridized carbons (Fsp3) is 0.211. The monoisotopic (exact) mass is 273 g/mol. The van der Waals surface area contributed by atoms with Gasteiger partial charge in [-0.05, 0) is 37.1 Å². The van der Waals surface area contributed by atoms with E-state index in [1.54, 1.807) is 0 Å². The van der Waals surface area contributed by atoms with Crippen molar-refractivity contribution in [2.75, 3.05) is 0 Å². The molecular weight excluding hydrogens is 256 g/mol. The van der Waals surface area contributed by atoms with Gasteiger partial charge in [0.2, 0.25) is 11.0 Å². The number of nitrogens with zero attached hydrogens (tertiary/aromatic N) is 1. The third-order valence-corrected chi connectivity index (χ3v) is 4.64. The predicted octanol–water partition coefficient (Wildman–Crippen LogP) is 4.17. The van der Waals surface area contributed by atoms with E-state index in [1.807, 2.05) is 0 Å². The molecule has 4 aromatic rings. The summed E-state index contributed by atoms with van der Waals surface area (Å²) in [5, 5.41) is 2.65. The number of fused-ring (bicyclic) bond motifs is 4. The molecule has 1 aliphatic rings. The summed E-state index contributed by atoms with van der Waals surface area (Å²) in [6, 6.07) is 19.6. The largest absolute Gasteiger partial charge is 0.349 e. The highest BCUT2D eigenvalue weighted by molar-refractivity contribution is 6.05. The Hall–Kier alpha value is -2.35. The van der Waals surface area contributed by atoms with Crippen molar-refractivity contribution in [3.63, 3.8) is 0 Å². The molecule has 0 amide bonds. The lowest BCUT2D eigenvalue weighted by atomic mass is 10.1. The van der Waals surface area contributed by atoms with Gasteiger partial charge in [0.15, 0.2) is 6.54 Å². The Labute approximate surface area is 123 Å². The Balaban J connectivity index is 1.98. The molecule has 2 heteroatoms. The molecular formula is C19H17N2+. The lowest BCUT2D eigenvalue weighted by Gasteiger charge is -2.03. The van der Waals surface area contributed by atoms with Crippen LogP contribution in [0.25, 0.3) is 32.8 Å². The van der Waals surface area contributed by atoms with Gasteiger partial charge in [-0.1, -0.05) is 24.3 Å². The Morgan fingerprint density at radius 3 is 2.67 bits per heavy atom. The zero-order valence-corrected chi connectivity index (χ0v) is 11.8. The van der Waals surface area contributed by atoms with Gasteiger partial charge in [-0.25, -0.2) is 0 Å². The number of hydrogen-bond donors (Lipinski definition) is 1. The van der Waals surface area contributed by atoms with Crippen LogP contribution in [0.4, 0.5) is 0 Å². The van der Waals surface area contributed by atoms with Crippen molar-refractivity contribution in [1.82, 2.24) is 4.98 Å². The Kier molecular flexibility index (Phi) is 2.20. The summed E-state index contributed by atoms with van der Waals surface area (Å²) < 4.78 is 2.53. The third kappa shape index (κ3) is 1.69. The van der Waals surface area contributed by atoms with Crippen molar-refractivity contribution >= 4 is 32.8 Å². The van der Waals surface area contributed by atoms with Crippen LogP contribution >= 0.6 is 0 Å². The predicted molar refractivity (Wildman–Crippen MR) is 86.2 cm³/mol.